The zero-order valence-corrected chi connectivity index (χ0v) is 7.54. The van der Waals surface area contributed by atoms with Crippen LogP contribution in [0.3, 0.4) is 0 Å². The van der Waals surface area contributed by atoms with E-state index in [1.165, 1.54) is 6.92 Å². The average Bonchev–Trinajstić information content (AvgIpc) is 1.60. The minimum Gasteiger partial charge on any atom is -0.388 e. The minimum atomic E-state index is -1.76. The molecule has 10 heavy (non-hydrogen) atoms. The number of aliphatic hydroxyl groups excluding tert-OH is 1. The second-order valence-electron chi connectivity index (χ2n) is 1.96. The molecular formula is C5H7Cl3O2. The fourth-order valence-electron chi connectivity index (χ4n) is 0.388. The van der Waals surface area contributed by atoms with Gasteiger partial charge >= 0.3 is 0 Å². The third kappa shape index (κ3) is 4.34. The van der Waals surface area contributed by atoms with Gasteiger partial charge in [0, 0.05) is 6.42 Å². The SMILES string of the molecule is CC(=O)C[C@@H](O)C(Cl)(Cl)Cl. The predicted octanol–water partition coefficient (Wildman–Crippen LogP) is 1.70. The highest BCUT2D eigenvalue weighted by molar-refractivity contribution is 6.68. The van der Waals surface area contributed by atoms with Crippen molar-refractivity contribution >= 4 is 40.6 Å². The van der Waals surface area contributed by atoms with Crippen LogP contribution >= 0.6 is 34.8 Å². The molecule has 1 atom stereocenters. The zero-order valence-electron chi connectivity index (χ0n) is 5.27. The molecule has 0 aliphatic heterocycles. The van der Waals surface area contributed by atoms with E-state index in [-0.39, 0.29) is 12.2 Å². The molecule has 60 valence electrons. The normalized spacial score (nSPS) is 14.9. The molecule has 1 N–H and O–H groups in total. The van der Waals surface area contributed by atoms with E-state index in [2.05, 4.69) is 0 Å². The maximum atomic E-state index is 10.4. The number of Topliss-reactive ketones (excluding diaryl/α,β-unsaturated/α-hetero) is 1. The quantitative estimate of drug-likeness (QED) is 0.697. The Kier molecular flexibility index (Phi) is 3.95. The van der Waals surface area contributed by atoms with E-state index in [1.807, 2.05) is 0 Å². The number of ketones is 1. The lowest BCUT2D eigenvalue weighted by atomic mass is 10.2. The van der Waals surface area contributed by atoms with Gasteiger partial charge in [0.1, 0.15) is 11.9 Å². The highest BCUT2D eigenvalue weighted by atomic mass is 35.6. The molecule has 0 heterocycles. The van der Waals surface area contributed by atoms with Crippen LogP contribution in [0.1, 0.15) is 13.3 Å². The molecule has 0 rings (SSSR count). The van der Waals surface area contributed by atoms with Gasteiger partial charge in [-0.3, -0.25) is 4.79 Å². The van der Waals surface area contributed by atoms with Crippen molar-refractivity contribution in [2.75, 3.05) is 0 Å². The zero-order chi connectivity index (χ0) is 8.36. The van der Waals surface area contributed by atoms with Crippen LogP contribution in [0.25, 0.3) is 0 Å². The standard InChI is InChI=1S/C5H7Cl3O2/c1-3(9)2-4(10)5(6,7)8/h4,10H,2H2,1H3/t4-/m1/s1. The van der Waals surface area contributed by atoms with Crippen LogP contribution in [0.15, 0.2) is 0 Å². The molecule has 0 unspecified atom stereocenters. The number of hydrogen-bond acceptors (Lipinski definition) is 2. The van der Waals surface area contributed by atoms with Gasteiger partial charge in [0.2, 0.25) is 3.79 Å². The summed E-state index contributed by atoms with van der Waals surface area (Å²) in [6.45, 7) is 1.32. The molecule has 2 nitrogen and oxygen atoms in total. The predicted molar refractivity (Wildman–Crippen MR) is 41.6 cm³/mol. The fraction of sp³-hybridized carbons (Fsp3) is 0.800. The van der Waals surface area contributed by atoms with Gasteiger partial charge in [0.15, 0.2) is 0 Å². The van der Waals surface area contributed by atoms with Crippen molar-refractivity contribution in [3.8, 4) is 0 Å². The summed E-state index contributed by atoms with van der Waals surface area (Å²) in [4.78, 5) is 10.4. The number of halogens is 3. The molecule has 0 aromatic heterocycles. The van der Waals surface area contributed by atoms with Crippen LogP contribution in [0, 0.1) is 0 Å². The van der Waals surface area contributed by atoms with E-state index >= 15 is 0 Å². The summed E-state index contributed by atoms with van der Waals surface area (Å²) in [5.41, 5.74) is 0. The van der Waals surface area contributed by atoms with Gasteiger partial charge in [-0.2, -0.15) is 0 Å². The molecule has 0 radical (unpaired) electrons. The monoisotopic (exact) mass is 204 g/mol. The van der Waals surface area contributed by atoms with E-state index in [1.54, 1.807) is 0 Å². The van der Waals surface area contributed by atoms with Gasteiger partial charge in [0.05, 0.1) is 0 Å². The van der Waals surface area contributed by atoms with Crippen molar-refractivity contribution in [1.29, 1.82) is 0 Å². The molecule has 5 heteroatoms. The first-order valence-electron chi connectivity index (χ1n) is 2.58. The Morgan fingerprint density at radius 1 is 1.60 bits per heavy atom. The Labute approximate surface area is 74.1 Å². The van der Waals surface area contributed by atoms with Crippen LogP contribution in [0.2, 0.25) is 0 Å². The maximum absolute atomic E-state index is 10.4. The summed E-state index contributed by atoms with van der Waals surface area (Å²) in [6, 6.07) is 0. The van der Waals surface area contributed by atoms with Gasteiger partial charge in [-0.25, -0.2) is 0 Å². The number of rotatable bonds is 2. The van der Waals surface area contributed by atoms with Crippen LogP contribution in [0.5, 0.6) is 0 Å². The Hall–Kier alpha value is 0.500. The van der Waals surface area contributed by atoms with E-state index in [0.717, 1.165) is 0 Å². The highest BCUT2D eigenvalue weighted by Crippen LogP contribution is 2.31. The lowest BCUT2D eigenvalue weighted by Gasteiger charge is -2.16. The Balaban J connectivity index is 3.85. The van der Waals surface area contributed by atoms with Crippen molar-refractivity contribution in [2.45, 2.75) is 23.2 Å². The average molecular weight is 205 g/mol. The van der Waals surface area contributed by atoms with Gasteiger partial charge < -0.3 is 5.11 Å². The Morgan fingerprint density at radius 3 is 2.10 bits per heavy atom. The smallest absolute Gasteiger partial charge is 0.216 e. The first kappa shape index (κ1) is 10.5. The lowest BCUT2D eigenvalue weighted by molar-refractivity contribution is -0.118. The van der Waals surface area contributed by atoms with E-state index in [4.69, 9.17) is 39.9 Å². The highest BCUT2D eigenvalue weighted by Gasteiger charge is 2.31. The van der Waals surface area contributed by atoms with Crippen LogP contribution in [0.4, 0.5) is 0 Å². The van der Waals surface area contributed by atoms with Gasteiger partial charge in [0.25, 0.3) is 0 Å². The third-order valence-corrected chi connectivity index (χ3v) is 1.61. The Morgan fingerprint density at radius 2 is 2.00 bits per heavy atom. The fourth-order valence-corrected chi connectivity index (χ4v) is 0.619. The molecule has 0 amide bonds. The number of aliphatic hydroxyl groups is 1. The molecule has 0 aliphatic carbocycles. The minimum absolute atomic E-state index is 0.128. The molecule has 0 bridgehead atoms. The van der Waals surface area contributed by atoms with Crippen LogP contribution in [-0.4, -0.2) is 20.8 Å². The summed E-state index contributed by atoms with van der Waals surface area (Å²) in [6.07, 6.45) is -1.34. The molecule has 0 saturated carbocycles. The molecular weight excluding hydrogens is 198 g/mol. The van der Waals surface area contributed by atoms with Crippen molar-refractivity contribution in [2.24, 2.45) is 0 Å². The number of alkyl halides is 3. The summed E-state index contributed by atoms with van der Waals surface area (Å²) < 4.78 is -1.76. The molecule has 0 spiro atoms. The largest absolute Gasteiger partial charge is 0.388 e. The topological polar surface area (TPSA) is 37.3 Å². The van der Waals surface area contributed by atoms with Crippen molar-refractivity contribution < 1.29 is 9.90 Å². The first-order chi connectivity index (χ1) is 4.34. The lowest BCUT2D eigenvalue weighted by Crippen LogP contribution is -2.27. The summed E-state index contributed by atoms with van der Waals surface area (Å²) in [7, 11) is 0. The third-order valence-electron chi connectivity index (χ3n) is 0.859. The van der Waals surface area contributed by atoms with E-state index < -0.39 is 9.90 Å². The van der Waals surface area contributed by atoms with Crippen LogP contribution < -0.4 is 0 Å². The number of carbonyl (C=O) groups is 1. The molecule has 0 aromatic rings. The van der Waals surface area contributed by atoms with Gasteiger partial charge in [-0.15, -0.1) is 0 Å². The van der Waals surface area contributed by atoms with Crippen molar-refractivity contribution in [1.82, 2.24) is 0 Å². The van der Waals surface area contributed by atoms with Gasteiger partial charge in [-0.05, 0) is 6.92 Å². The van der Waals surface area contributed by atoms with E-state index in [9.17, 15) is 4.79 Å². The molecule has 0 saturated heterocycles. The molecule has 0 aliphatic rings. The van der Waals surface area contributed by atoms with Crippen LogP contribution in [-0.2, 0) is 4.79 Å². The van der Waals surface area contributed by atoms with Crippen molar-refractivity contribution in [3.05, 3.63) is 0 Å². The number of hydrogen-bond donors (Lipinski definition) is 1. The number of carbonyl (C=O) groups excluding carboxylic acids is 1. The summed E-state index contributed by atoms with van der Waals surface area (Å²) in [5.74, 6) is -0.209. The maximum Gasteiger partial charge on any atom is 0.216 e. The summed E-state index contributed by atoms with van der Waals surface area (Å²) >= 11 is 15.8. The molecule has 0 fully saturated rings. The van der Waals surface area contributed by atoms with Gasteiger partial charge in [-0.1, -0.05) is 34.8 Å². The second-order valence-corrected chi connectivity index (χ2v) is 4.33. The van der Waals surface area contributed by atoms with Crippen molar-refractivity contribution in [3.63, 3.8) is 0 Å². The first-order valence-corrected chi connectivity index (χ1v) is 3.71. The Bertz CT molecular complexity index is 129. The second kappa shape index (κ2) is 3.77. The molecule has 0 aromatic carbocycles. The summed E-state index contributed by atoms with van der Waals surface area (Å²) in [5, 5.41) is 8.94. The van der Waals surface area contributed by atoms with E-state index in [0.29, 0.717) is 0 Å².